The Morgan fingerprint density at radius 3 is 2.48 bits per heavy atom. The van der Waals surface area contributed by atoms with Gasteiger partial charge in [-0.25, -0.2) is 0 Å². The summed E-state index contributed by atoms with van der Waals surface area (Å²) in [4.78, 5) is 9.31. The average Bonchev–Trinajstić information content (AvgIpc) is 2.86. The highest BCUT2D eigenvalue weighted by Crippen LogP contribution is 2.22. The van der Waals surface area contributed by atoms with Crippen molar-refractivity contribution in [3.63, 3.8) is 0 Å². The molecule has 6 heteroatoms. The number of para-hydroxylation sites is 2. The molecule has 3 heterocycles. The maximum atomic E-state index is 5.87. The number of aromatic nitrogens is 1. The Balaban J connectivity index is 1.33. The van der Waals surface area contributed by atoms with E-state index < -0.39 is 0 Å². The minimum absolute atomic E-state index is 0.480. The van der Waals surface area contributed by atoms with Crippen LogP contribution in [0, 0.1) is 5.92 Å². The number of piperazine rings is 1. The molecule has 0 atom stereocenters. The third-order valence-electron chi connectivity index (χ3n) is 4.52. The third kappa shape index (κ3) is 3.49. The lowest BCUT2D eigenvalue weighted by atomic mass is 10.1. The molecule has 0 spiro atoms. The maximum Gasteiger partial charge on any atom is 0.298 e. The summed E-state index contributed by atoms with van der Waals surface area (Å²) in [5, 5.41) is 0. The molecule has 2 aliphatic rings. The number of anilines is 1. The molecule has 2 fully saturated rings. The zero-order valence-electron chi connectivity index (χ0n) is 13.3. The van der Waals surface area contributed by atoms with Crippen LogP contribution in [0.3, 0.4) is 0 Å². The second kappa shape index (κ2) is 6.86. The van der Waals surface area contributed by atoms with Crippen LogP contribution in [0.2, 0.25) is 0 Å². The summed E-state index contributed by atoms with van der Waals surface area (Å²) in [5.74, 6) is 0.480. The molecule has 124 valence electrons. The quantitative estimate of drug-likeness (QED) is 0.857. The Hall–Kier alpha value is -1.63. The van der Waals surface area contributed by atoms with Crippen LogP contribution in [-0.4, -0.2) is 69.0 Å². The summed E-state index contributed by atoms with van der Waals surface area (Å²) < 4.78 is 17.0. The van der Waals surface area contributed by atoms with E-state index in [9.17, 15) is 0 Å². The van der Waals surface area contributed by atoms with Gasteiger partial charge in [-0.1, -0.05) is 12.1 Å². The molecular weight excluding hydrogens is 294 g/mol. The number of fused-ring (bicyclic) bond motifs is 1. The first-order valence-corrected chi connectivity index (χ1v) is 8.37. The van der Waals surface area contributed by atoms with Crippen molar-refractivity contribution < 1.29 is 13.9 Å². The molecule has 6 nitrogen and oxygen atoms in total. The fraction of sp³-hybridized carbons (Fsp3) is 0.588. The number of hydrogen-bond acceptors (Lipinski definition) is 6. The summed E-state index contributed by atoms with van der Waals surface area (Å²) >= 11 is 0. The van der Waals surface area contributed by atoms with Gasteiger partial charge in [0.05, 0.1) is 26.4 Å². The van der Waals surface area contributed by atoms with Gasteiger partial charge < -0.3 is 18.8 Å². The smallest absolute Gasteiger partial charge is 0.298 e. The lowest BCUT2D eigenvalue weighted by Crippen LogP contribution is -2.48. The number of rotatable bonds is 3. The summed E-state index contributed by atoms with van der Waals surface area (Å²) in [6.07, 6.45) is 0. The molecule has 2 aromatic rings. The first-order valence-electron chi connectivity index (χ1n) is 8.37. The van der Waals surface area contributed by atoms with E-state index in [1.807, 2.05) is 24.3 Å². The molecule has 23 heavy (non-hydrogen) atoms. The van der Waals surface area contributed by atoms with Crippen LogP contribution >= 0.6 is 0 Å². The summed E-state index contributed by atoms with van der Waals surface area (Å²) in [5.41, 5.74) is 1.79. The van der Waals surface area contributed by atoms with Crippen molar-refractivity contribution in [1.29, 1.82) is 0 Å². The minimum atomic E-state index is 0.480. The topological polar surface area (TPSA) is 51.0 Å². The maximum absolute atomic E-state index is 5.87. The van der Waals surface area contributed by atoms with Crippen molar-refractivity contribution in [3.8, 4) is 0 Å². The molecule has 2 saturated heterocycles. The predicted molar refractivity (Wildman–Crippen MR) is 87.8 cm³/mol. The van der Waals surface area contributed by atoms with E-state index in [2.05, 4.69) is 14.8 Å². The fourth-order valence-corrected chi connectivity index (χ4v) is 3.25. The monoisotopic (exact) mass is 317 g/mol. The van der Waals surface area contributed by atoms with Gasteiger partial charge in [0.15, 0.2) is 5.58 Å². The molecule has 0 N–H and O–H groups in total. The first kappa shape index (κ1) is 14.9. The highest BCUT2D eigenvalue weighted by atomic mass is 16.5. The van der Waals surface area contributed by atoms with Crippen LogP contribution in [0.15, 0.2) is 28.7 Å². The average molecular weight is 317 g/mol. The van der Waals surface area contributed by atoms with E-state index in [0.29, 0.717) is 5.92 Å². The number of nitrogens with zero attached hydrogens (tertiary/aromatic N) is 3. The lowest BCUT2D eigenvalue weighted by molar-refractivity contribution is 0.102. The van der Waals surface area contributed by atoms with Gasteiger partial charge in [0.25, 0.3) is 6.01 Å². The molecule has 2 aliphatic heterocycles. The van der Waals surface area contributed by atoms with Gasteiger partial charge >= 0.3 is 0 Å². The first-order chi connectivity index (χ1) is 11.4. The van der Waals surface area contributed by atoms with Gasteiger partial charge in [-0.15, -0.1) is 0 Å². The molecule has 0 aliphatic carbocycles. The van der Waals surface area contributed by atoms with E-state index in [4.69, 9.17) is 13.9 Å². The Kier molecular flexibility index (Phi) is 4.46. The van der Waals surface area contributed by atoms with Crippen molar-refractivity contribution >= 4 is 17.1 Å². The molecule has 1 aromatic heterocycles. The molecule has 0 saturated carbocycles. The van der Waals surface area contributed by atoms with Crippen molar-refractivity contribution in [3.05, 3.63) is 24.3 Å². The van der Waals surface area contributed by atoms with Crippen LogP contribution in [0.1, 0.15) is 0 Å². The highest BCUT2D eigenvalue weighted by Gasteiger charge is 2.23. The molecule has 0 amide bonds. The van der Waals surface area contributed by atoms with Gasteiger partial charge in [0.2, 0.25) is 0 Å². The molecule has 4 rings (SSSR count). The Bertz CT molecular complexity index is 596. The number of benzene rings is 1. The van der Waals surface area contributed by atoms with Crippen LogP contribution in [-0.2, 0) is 9.47 Å². The van der Waals surface area contributed by atoms with Gasteiger partial charge in [-0.2, -0.15) is 4.98 Å². The Labute approximate surface area is 136 Å². The van der Waals surface area contributed by atoms with Crippen molar-refractivity contribution in [1.82, 2.24) is 9.88 Å². The second-order valence-electron chi connectivity index (χ2n) is 6.27. The summed E-state index contributed by atoms with van der Waals surface area (Å²) in [6, 6.07) is 8.67. The van der Waals surface area contributed by atoms with Crippen LogP contribution in [0.4, 0.5) is 6.01 Å². The lowest BCUT2D eigenvalue weighted by Gasteiger charge is -2.35. The highest BCUT2D eigenvalue weighted by molar-refractivity contribution is 5.74. The molecule has 1 aromatic carbocycles. The van der Waals surface area contributed by atoms with E-state index >= 15 is 0 Å². The zero-order valence-corrected chi connectivity index (χ0v) is 13.3. The molecule has 0 bridgehead atoms. The minimum Gasteiger partial charge on any atom is -0.423 e. The number of ether oxygens (including phenoxy) is 2. The van der Waals surface area contributed by atoms with Crippen LogP contribution in [0.5, 0.6) is 0 Å². The molecular formula is C17H23N3O3. The van der Waals surface area contributed by atoms with Crippen molar-refractivity contribution in [2.24, 2.45) is 5.92 Å². The van der Waals surface area contributed by atoms with Crippen LogP contribution < -0.4 is 4.90 Å². The standard InChI is InChI=1S/C17H23N3O3/c1-2-4-16-15(3-1)18-17(23-16)20-7-5-19(6-8-20)11-14-12-21-9-10-22-13-14/h1-4,14H,5-13H2. The van der Waals surface area contributed by atoms with E-state index in [1.54, 1.807) is 0 Å². The second-order valence-corrected chi connectivity index (χ2v) is 6.27. The summed E-state index contributed by atoms with van der Waals surface area (Å²) in [6.45, 7) is 8.05. The van der Waals surface area contributed by atoms with Gasteiger partial charge in [-0.05, 0) is 12.1 Å². The zero-order chi connectivity index (χ0) is 15.5. The van der Waals surface area contributed by atoms with Crippen molar-refractivity contribution in [2.45, 2.75) is 0 Å². The summed E-state index contributed by atoms with van der Waals surface area (Å²) in [7, 11) is 0. The molecule has 0 radical (unpaired) electrons. The van der Waals surface area contributed by atoms with Crippen LogP contribution in [0.25, 0.3) is 11.1 Å². The van der Waals surface area contributed by atoms with E-state index in [-0.39, 0.29) is 0 Å². The van der Waals surface area contributed by atoms with Gasteiger partial charge in [-0.3, -0.25) is 4.90 Å². The third-order valence-corrected chi connectivity index (χ3v) is 4.52. The fourth-order valence-electron chi connectivity index (χ4n) is 3.25. The predicted octanol–water partition coefficient (Wildman–Crippen LogP) is 1.61. The molecule has 0 unspecified atom stereocenters. The van der Waals surface area contributed by atoms with Gasteiger partial charge in [0, 0.05) is 38.6 Å². The number of oxazole rings is 1. The normalized spacial score (nSPS) is 21.7. The van der Waals surface area contributed by atoms with Crippen molar-refractivity contribution in [2.75, 3.05) is 64.1 Å². The number of hydrogen-bond donors (Lipinski definition) is 0. The van der Waals surface area contributed by atoms with E-state index in [0.717, 1.165) is 76.3 Å². The van der Waals surface area contributed by atoms with E-state index in [1.165, 1.54) is 0 Å². The largest absolute Gasteiger partial charge is 0.423 e. The SMILES string of the molecule is c1ccc2oc(N3CCN(CC4COCCOC4)CC3)nc2c1. The van der Waals surface area contributed by atoms with Gasteiger partial charge in [0.1, 0.15) is 5.52 Å². The Morgan fingerprint density at radius 1 is 1.00 bits per heavy atom. The Morgan fingerprint density at radius 2 is 1.74 bits per heavy atom.